The molecule has 0 aliphatic carbocycles. The summed E-state index contributed by atoms with van der Waals surface area (Å²) in [6.45, 7) is 1.16. The topological polar surface area (TPSA) is 82.6 Å². The van der Waals surface area contributed by atoms with E-state index in [1.807, 2.05) is 18.2 Å². The molecule has 0 aliphatic rings. The summed E-state index contributed by atoms with van der Waals surface area (Å²) in [5, 5.41) is 2.87. The molecule has 0 fully saturated rings. The van der Waals surface area contributed by atoms with Crippen LogP contribution in [0.25, 0.3) is 11.4 Å². The van der Waals surface area contributed by atoms with Gasteiger partial charge in [-0.05, 0) is 42.8 Å². The highest BCUT2D eigenvalue weighted by molar-refractivity contribution is 5.95. The lowest BCUT2D eigenvalue weighted by Gasteiger charge is -2.08. The van der Waals surface area contributed by atoms with Gasteiger partial charge < -0.3 is 19.5 Å². The van der Waals surface area contributed by atoms with Crippen molar-refractivity contribution in [3.63, 3.8) is 0 Å². The minimum atomic E-state index is -0.145. The zero-order chi connectivity index (χ0) is 20.5. The van der Waals surface area contributed by atoms with Crippen LogP contribution < -0.4 is 14.8 Å². The Labute approximate surface area is 169 Å². The Balaban J connectivity index is 1.71. The van der Waals surface area contributed by atoms with E-state index in [1.54, 1.807) is 56.8 Å². The number of nitrogens with one attached hydrogen (secondary N) is 1. The highest BCUT2D eigenvalue weighted by Gasteiger charge is 2.09. The SMILES string of the molecule is COCCCNC(=O)c1cccc(-c2nccc(Oc3ccc(OC)cc3)n2)c1. The Bertz CT molecular complexity index is 945. The van der Waals surface area contributed by atoms with Crippen molar-refractivity contribution >= 4 is 5.91 Å². The van der Waals surface area contributed by atoms with Gasteiger partial charge in [-0.3, -0.25) is 4.79 Å². The van der Waals surface area contributed by atoms with Gasteiger partial charge in [0.1, 0.15) is 11.5 Å². The lowest BCUT2D eigenvalue weighted by atomic mass is 10.1. The summed E-state index contributed by atoms with van der Waals surface area (Å²) in [6.07, 6.45) is 2.38. The maximum atomic E-state index is 12.3. The predicted octanol–water partition coefficient (Wildman–Crippen LogP) is 3.71. The number of hydrogen-bond acceptors (Lipinski definition) is 6. The van der Waals surface area contributed by atoms with Gasteiger partial charge >= 0.3 is 0 Å². The Morgan fingerprint density at radius 3 is 2.59 bits per heavy atom. The average molecular weight is 393 g/mol. The third kappa shape index (κ3) is 5.76. The molecule has 3 rings (SSSR count). The summed E-state index contributed by atoms with van der Waals surface area (Å²) in [7, 11) is 3.25. The third-order valence-corrected chi connectivity index (χ3v) is 4.11. The quantitative estimate of drug-likeness (QED) is 0.558. The van der Waals surface area contributed by atoms with Crippen LogP contribution in [0.3, 0.4) is 0 Å². The molecule has 150 valence electrons. The number of amides is 1. The zero-order valence-electron chi connectivity index (χ0n) is 16.4. The fraction of sp³-hybridized carbons (Fsp3) is 0.227. The lowest BCUT2D eigenvalue weighted by Crippen LogP contribution is -2.25. The van der Waals surface area contributed by atoms with Gasteiger partial charge in [-0.15, -0.1) is 0 Å². The van der Waals surface area contributed by atoms with Gasteiger partial charge in [-0.25, -0.2) is 4.98 Å². The molecule has 0 bridgehead atoms. The predicted molar refractivity (Wildman–Crippen MR) is 109 cm³/mol. The van der Waals surface area contributed by atoms with Gasteiger partial charge in [0.05, 0.1) is 7.11 Å². The third-order valence-electron chi connectivity index (χ3n) is 4.11. The van der Waals surface area contributed by atoms with Crippen molar-refractivity contribution in [1.82, 2.24) is 15.3 Å². The number of rotatable bonds is 9. The van der Waals surface area contributed by atoms with E-state index in [4.69, 9.17) is 14.2 Å². The number of carbonyl (C=O) groups excluding carboxylic acids is 1. The number of carbonyl (C=O) groups is 1. The van der Waals surface area contributed by atoms with Crippen LogP contribution in [0.5, 0.6) is 17.4 Å². The molecule has 1 N–H and O–H groups in total. The van der Waals surface area contributed by atoms with Gasteiger partial charge in [0.15, 0.2) is 5.82 Å². The molecule has 7 heteroatoms. The first-order chi connectivity index (χ1) is 14.2. The monoisotopic (exact) mass is 393 g/mol. The smallest absolute Gasteiger partial charge is 0.251 e. The van der Waals surface area contributed by atoms with E-state index in [0.717, 1.165) is 17.7 Å². The number of hydrogen-bond donors (Lipinski definition) is 1. The van der Waals surface area contributed by atoms with Gasteiger partial charge in [-0.2, -0.15) is 4.98 Å². The summed E-state index contributed by atoms with van der Waals surface area (Å²) in [5.74, 6) is 2.13. The van der Waals surface area contributed by atoms with Crippen molar-refractivity contribution < 1.29 is 19.0 Å². The summed E-state index contributed by atoms with van der Waals surface area (Å²) in [4.78, 5) is 21.1. The van der Waals surface area contributed by atoms with Gasteiger partial charge in [-0.1, -0.05) is 12.1 Å². The van der Waals surface area contributed by atoms with Gasteiger partial charge in [0.2, 0.25) is 5.88 Å². The van der Waals surface area contributed by atoms with Crippen LogP contribution in [0, 0.1) is 0 Å². The maximum Gasteiger partial charge on any atom is 0.251 e. The van der Waals surface area contributed by atoms with Crippen molar-refractivity contribution in [2.75, 3.05) is 27.4 Å². The lowest BCUT2D eigenvalue weighted by molar-refractivity contribution is 0.0948. The molecular formula is C22H23N3O4. The first-order valence-electron chi connectivity index (χ1n) is 9.22. The van der Waals surface area contributed by atoms with E-state index in [1.165, 1.54) is 0 Å². The first kappa shape index (κ1) is 20.3. The van der Waals surface area contributed by atoms with E-state index in [9.17, 15) is 4.79 Å². The van der Waals surface area contributed by atoms with E-state index in [0.29, 0.717) is 36.2 Å². The Kier molecular flexibility index (Phi) is 7.13. The number of ether oxygens (including phenoxy) is 3. The van der Waals surface area contributed by atoms with E-state index < -0.39 is 0 Å². The Morgan fingerprint density at radius 1 is 1.03 bits per heavy atom. The molecule has 0 radical (unpaired) electrons. The summed E-state index contributed by atoms with van der Waals surface area (Å²) < 4.78 is 15.9. The molecule has 1 aromatic heterocycles. The van der Waals surface area contributed by atoms with Crippen molar-refractivity contribution in [2.45, 2.75) is 6.42 Å². The van der Waals surface area contributed by atoms with Crippen LogP contribution in [0.15, 0.2) is 60.8 Å². The Morgan fingerprint density at radius 2 is 1.83 bits per heavy atom. The highest BCUT2D eigenvalue weighted by Crippen LogP contribution is 2.24. The van der Waals surface area contributed by atoms with Crippen molar-refractivity contribution in [3.8, 4) is 28.8 Å². The molecule has 0 spiro atoms. The largest absolute Gasteiger partial charge is 0.497 e. The van der Waals surface area contributed by atoms with Gasteiger partial charge in [0, 0.05) is 43.7 Å². The Hall–Kier alpha value is -3.45. The molecule has 2 aromatic carbocycles. The van der Waals surface area contributed by atoms with E-state index >= 15 is 0 Å². The number of benzene rings is 2. The van der Waals surface area contributed by atoms with Gasteiger partial charge in [0.25, 0.3) is 5.91 Å². The van der Waals surface area contributed by atoms with Crippen LogP contribution in [0.1, 0.15) is 16.8 Å². The minimum Gasteiger partial charge on any atom is -0.497 e. The molecule has 0 atom stereocenters. The minimum absolute atomic E-state index is 0.145. The average Bonchev–Trinajstić information content (AvgIpc) is 2.77. The first-order valence-corrected chi connectivity index (χ1v) is 9.22. The van der Waals surface area contributed by atoms with Crippen LogP contribution in [-0.2, 0) is 4.74 Å². The molecule has 0 aliphatic heterocycles. The van der Waals surface area contributed by atoms with E-state index in [-0.39, 0.29) is 5.91 Å². The van der Waals surface area contributed by atoms with Crippen LogP contribution in [0.2, 0.25) is 0 Å². The summed E-state index contributed by atoms with van der Waals surface area (Å²) in [6, 6.07) is 16.1. The molecule has 1 amide bonds. The molecule has 3 aromatic rings. The molecular weight excluding hydrogens is 370 g/mol. The summed E-state index contributed by atoms with van der Waals surface area (Å²) in [5.41, 5.74) is 1.28. The van der Waals surface area contributed by atoms with E-state index in [2.05, 4.69) is 15.3 Å². The van der Waals surface area contributed by atoms with Crippen LogP contribution >= 0.6 is 0 Å². The zero-order valence-corrected chi connectivity index (χ0v) is 16.4. The fourth-order valence-electron chi connectivity index (χ4n) is 2.62. The molecule has 29 heavy (non-hydrogen) atoms. The molecule has 7 nitrogen and oxygen atoms in total. The molecule has 0 saturated carbocycles. The maximum absolute atomic E-state index is 12.3. The molecule has 1 heterocycles. The number of methoxy groups -OCH3 is 2. The van der Waals surface area contributed by atoms with Crippen molar-refractivity contribution in [1.29, 1.82) is 0 Å². The number of nitrogens with zero attached hydrogens (tertiary/aromatic N) is 2. The van der Waals surface area contributed by atoms with Crippen LogP contribution in [0.4, 0.5) is 0 Å². The second-order valence-corrected chi connectivity index (χ2v) is 6.18. The van der Waals surface area contributed by atoms with Crippen molar-refractivity contribution in [3.05, 3.63) is 66.4 Å². The standard InChI is InChI=1S/C22H23N3O4/c1-27-14-4-12-24-22(26)17-6-3-5-16(15-17)21-23-13-11-20(25-21)29-19-9-7-18(28-2)8-10-19/h3,5-11,13,15H,4,12,14H2,1-2H3,(H,24,26). The summed E-state index contributed by atoms with van der Waals surface area (Å²) >= 11 is 0. The fourth-order valence-corrected chi connectivity index (χ4v) is 2.62. The number of aromatic nitrogens is 2. The van der Waals surface area contributed by atoms with Crippen LogP contribution in [-0.4, -0.2) is 43.2 Å². The second-order valence-electron chi connectivity index (χ2n) is 6.18. The highest BCUT2D eigenvalue weighted by atomic mass is 16.5. The molecule has 0 unspecified atom stereocenters. The van der Waals surface area contributed by atoms with Crippen molar-refractivity contribution in [2.24, 2.45) is 0 Å². The second kappa shape index (κ2) is 10.2. The normalized spacial score (nSPS) is 10.4. The molecule has 0 saturated heterocycles.